The highest BCUT2D eigenvalue weighted by Crippen LogP contribution is 2.32. The number of esters is 2. The topological polar surface area (TPSA) is 52.6 Å². The summed E-state index contributed by atoms with van der Waals surface area (Å²) in [4.78, 5) is 22.2. The van der Waals surface area contributed by atoms with E-state index in [9.17, 15) is 9.59 Å². The maximum Gasteiger partial charge on any atom is 0.333 e. The normalized spacial score (nSPS) is 24.4. The van der Waals surface area contributed by atoms with Gasteiger partial charge in [0.1, 0.15) is 6.10 Å². The highest BCUT2D eigenvalue weighted by Gasteiger charge is 2.27. The molecule has 1 atom stereocenters. The molecule has 1 unspecified atom stereocenters. The highest BCUT2D eigenvalue weighted by atomic mass is 16.5. The molecule has 4 nitrogen and oxygen atoms in total. The van der Waals surface area contributed by atoms with Crippen molar-refractivity contribution in [3.63, 3.8) is 0 Å². The lowest BCUT2D eigenvalue weighted by Crippen LogP contribution is -2.29. The number of carbonyl (C=O) groups is 2. The molecular formula is C15H24O4. The van der Waals surface area contributed by atoms with Gasteiger partial charge in [-0.3, -0.25) is 4.79 Å². The largest absolute Gasteiger partial charge is 0.466 e. The summed E-state index contributed by atoms with van der Waals surface area (Å²) in [6, 6.07) is 0. The average molecular weight is 268 g/mol. The van der Waals surface area contributed by atoms with Crippen LogP contribution in [0.15, 0.2) is 12.2 Å². The zero-order valence-corrected chi connectivity index (χ0v) is 12.1. The lowest BCUT2D eigenvalue weighted by molar-refractivity contribution is -0.148. The summed E-state index contributed by atoms with van der Waals surface area (Å²) in [5, 5.41) is 0. The Morgan fingerprint density at radius 3 is 2.26 bits per heavy atom. The lowest BCUT2D eigenvalue weighted by Gasteiger charge is -2.31. The zero-order valence-electron chi connectivity index (χ0n) is 12.1. The molecule has 0 aliphatic heterocycles. The monoisotopic (exact) mass is 268 g/mol. The molecule has 0 radical (unpaired) electrons. The second kappa shape index (κ2) is 7.31. The van der Waals surface area contributed by atoms with Crippen molar-refractivity contribution in [2.24, 2.45) is 11.8 Å². The van der Waals surface area contributed by atoms with E-state index in [-0.39, 0.29) is 18.0 Å². The van der Waals surface area contributed by atoms with Crippen LogP contribution in [0, 0.1) is 11.8 Å². The molecule has 1 fully saturated rings. The van der Waals surface area contributed by atoms with Gasteiger partial charge in [0.2, 0.25) is 0 Å². The van der Waals surface area contributed by atoms with Crippen LogP contribution in [0.2, 0.25) is 0 Å². The minimum atomic E-state index is -0.311. The van der Waals surface area contributed by atoms with Gasteiger partial charge in [0.15, 0.2) is 0 Å². The fourth-order valence-electron chi connectivity index (χ4n) is 2.43. The van der Waals surface area contributed by atoms with Crippen molar-refractivity contribution >= 4 is 11.9 Å². The van der Waals surface area contributed by atoms with E-state index in [2.05, 4.69) is 6.58 Å². The molecule has 1 aliphatic rings. The van der Waals surface area contributed by atoms with Gasteiger partial charge >= 0.3 is 11.9 Å². The molecule has 108 valence electrons. The van der Waals surface area contributed by atoms with Crippen molar-refractivity contribution in [1.82, 2.24) is 0 Å². The summed E-state index contributed by atoms with van der Waals surface area (Å²) in [6.07, 6.45) is 3.99. The van der Waals surface area contributed by atoms with Crippen LogP contribution in [0.5, 0.6) is 0 Å². The Morgan fingerprint density at radius 1 is 1.21 bits per heavy atom. The first-order chi connectivity index (χ1) is 8.90. The van der Waals surface area contributed by atoms with Gasteiger partial charge in [-0.15, -0.1) is 0 Å². The molecule has 0 saturated heterocycles. The van der Waals surface area contributed by atoms with E-state index >= 15 is 0 Å². The third-order valence-corrected chi connectivity index (χ3v) is 3.72. The van der Waals surface area contributed by atoms with Crippen LogP contribution in [0.25, 0.3) is 0 Å². The molecule has 0 amide bonds. The molecule has 0 aromatic carbocycles. The van der Waals surface area contributed by atoms with Crippen LogP contribution in [0.1, 0.15) is 46.5 Å². The number of hydrogen-bond donors (Lipinski definition) is 0. The summed E-state index contributed by atoms with van der Waals surface area (Å²) in [5.41, 5.74) is 0.440. The highest BCUT2D eigenvalue weighted by molar-refractivity contribution is 5.87. The number of carbonyl (C=O) groups excluding carboxylic acids is 2. The Kier molecular flexibility index (Phi) is 6.06. The van der Waals surface area contributed by atoms with Crippen LogP contribution >= 0.6 is 0 Å². The maximum absolute atomic E-state index is 11.5. The van der Waals surface area contributed by atoms with Gasteiger partial charge in [-0.25, -0.2) is 4.79 Å². The van der Waals surface area contributed by atoms with Crippen LogP contribution in [-0.4, -0.2) is 24.6 Å². The van der Waals surface area contributed by atoms with E-state index in [1.165, 1.54) is 6.92 Å². The molecule has 0 spiro atoms. The van der Waals surface area contributed by atoms with Gasteiger partial charge in [0.05, 0.1) is 6.61 Å². The number of hydrogen-bond acceptors (Lipinski definition) is 4. The van der Waals surface area contributed by atoms with Crippen LogP contribution in [0.4, 0.5) is 0 Å². The third kappa shape index (κ3) is 5.45. The molecular weight excluding hydrogens is 244 g/mol. The van der Waals surface area contributed by atoms with Crippen molar-refractivity contribution in [2.75, 3.05) is 6.61 Å². The predicted molar refractivity (Wildman–Crippen MR) is 72.4 cm³/mol. The maximum atomic E-state index is 11.5. The molecule has 0 aromatic heterocycles. The SMILES string of the molecule is C=C(C)C(=O)OC(C)C1CCC(COC(C)=O)CC1. The quantitative estimate of drug-likeness (QED) is 0.568. The van der Waals surface area contributed by atoms with Gasteiger partial charge in [0.25, 0.3) is 0 Å². The van der Waals surface area contributed by atoms with E-state index in [1.54, 1.807) is 6.92 Å². The number of rotatable bonds is 5. The average Bonchev–Trinajstić information content (AvgIpc) is 2.36. The Balaban J connectivity index is 2.30. The summed E-state index contributed by atoms with van der Waals surface area (Å²) >= 11 is 0. The van der Waals surface area contributed by atoms with Gasteiger partial charge in [0, 0.05) is 12.5 Å². The molecule has 19 heavy (non-hydrogen) atoms. The summed E-state index contributed by atoms with van der Waals surface area (Å²) in [5.74, 6) is 0.321. The molecule has 0 heterocycles. The van der Waals surface area contributed by atoms with E-state index in [1.807, 2.05) is 6.92 Å². The molecule has 0 bridgehead atoms. The standard InChI is InChI=1S/C15H24O4/c1-10(2)15(17)19-11(3)14-7-5-13(6-8-14)9-18-12(4)16/h11,13-14H,1,5-9H2,2-4H3. The first kappa shape index (κ1) is 15.7. The predicted octanol–water partition coefficient (Wildman–Crippen LogP) is 2.86. The first-order valence-corrected chi connectivity index (χ1v) is 6.90. The second-order valence-corrected chi connectivity index (χ2v) is 5.47. The van der Waals surface area contributed by atoms with Crippen LogP contribution < -0.4 is 0 Å². The fourth-order valence-corrected chi connectivity index (χ4v) is 2.43. The van der Waals surface area contributed by atoms with Crippen molar-refractivity contribution < 1.29 is 19.1 Å². The van der Waals surface area contributed by atoms with Crippen molar-refractivity contribution in [3.05, 3.63) is 12.2 Å². The smallest absolute Gasteiger partial charge is 0.333 e. The van der Waals surface area contributed by atoms with Crippen LogP contribution in [0.3, 0.4) is 0 Å². The second-order valence-electron chi connectivity index (χ2n) is 5.47. The zero-order chi connectivity index (χ0) is 14.4. The molecule has 1 aliphatic carbocycles. The lowest BCUT2D eigenvalue weighted by atomic mass is 9.80. The van der Waals surface area contributed by atoms with Gasteiger partial charge in [-0.05, 0) is 51.4 Å². The van der Waals surface area contributed by atoms with Gasteiger partial charge in [-0.1, -0.05) is 6.58 Å². The minimum absolute atomic E-state index is 0.0705. The van der Waals surface area contributed by atoms with E-state index in [4.69, 9.17) is 9.47 Å². The summed E-state index contributed by atoms with van der Waals surface area (Å²) in [7, 11) is 0. The Morgan fingerprint density at radius 2 is 1.79 bits per heavy atom. The van der Waals surface area contributed by atoms with Gasteiger partial charge < -0.3 is 9.47 Å². The Bertz CT molecular complexity index is 340. The first-order valence-electron chi connectivity index (χ1n) is 6.90. The Labute approximate surface area is 115 Å². The Hall–Kier alpha value is -1.32. The van der Waals surface area contributed by atoms with Crippen molar-refractivity contribution in [1.29, 1.82) is 0 Å². The number of ether oxygens (including phenoxy) is 2. The van der Waals surface area contributed by atoms with Crippen molar-refractivity contribution in [2.45, 2.75) is 52.6 Å². The molecule has 1 rings (SSSR count). The summed E-state index contributed by atoms with van der Waals surface area (Å²) in [6.45, 7) is 9.13. The fraction of sp³-hybridized carbons (Fsp3) is 0.733. The molecule has 0 aromatic rings. The summed E-state index contributed by atoms with van der Waals surface area (Å²) < 4.78 is 10.4. The molecule has 0 N–H and O–H groups in total. The van der Waals surface area contributed by atoms with E-state index in [0.717, 1.165) is 25.7 Å². The van der Waals surface area contributed by atoms with Gasteiger partial charge in [-0.2, -0.15) is 0 Å². The van der Waals surface area contributed by atoms with E-state index in [0.29, 0.717) is 24.0 Å². The van der Waals surface area contributed by atoms with E-state index < -0.39 is 0 Å². The minimum Gasteiger partial charge on any atom is -0.466 e. The van der Waals surface area contributed by atoms with Crippen LogP contribution in [-0.2, 0) is 19.1 Å². The molecule has 4 heteroatoms. The third-order valence-electron chi connectivity index (χ3n) is 3.72. The van der Waals surface area contributed by atoms with Crippen molar-refractivity contribution in [3.8, 4) is 0 Å². The molecule has 1 saturated carbocycles.